The van der Waals surface area contributed by atoms with E-state index >= 15 is 0 Å². The summed E-state index contributed by atoms with van der Waals surface area (Å²) in [7, 11) is 1.69. The highest BCUT2D eigenvalue weighted by Crippen LogP contribution is 2.52. The summed E-state index contributed by atoms with van der Waals surface area (Å²) in [6.07, 6.45) is 0.150. The molecule has 2 nitrogen and oxygen atoms in total. The first-order chi connectivity index (χ1) is 6.16. The third-order valence-electron chi connectivity index (χ3n) is 2.56. The molecule has 2 heterocycles. The van der Waals surface area contributed by atoms with Gasteiger partial charge < -0.3 is 9.47 Å². The van der Waals surface area contributed by atoms with Crippen molar-refractivity contribution in [3.05, 3.63) is 22.4 Å². The maximum absolute atomic E-state index is 5.64. The molecule has 0 N–H and O–H groups in total. The highest BCUT2D eigenvalue weighted by molar-refractivity contribution is 7.10. The summed E-state index contributed by atoms with van der Waals surface area (Å²) in [5.74, 6) is 0. The van der Waals surface area contributed by atoms with Crippen LogP contribution in [-0.4, -0.2) is 13.4 Å². The van der Waals surface area contributed by atoms with Gasteiger partial charge >= 0.3 is 0 Å². The second-order valence-electron chi connectivity index (χ2n) is 3.92. The zero-order valence-electron chi connectivity index (χ0n) is 8.11. The van der Waals surface area contributed by atoms with E-state index in [2.05, 4.69) is 31.4 Å². The molecule has 2 rings (SSSR count). The Morgan fingerprint density at radius 2 is 2.31 bits per heavy atom. The summed E-state index contributed by atoms with van der Waals surface area (Å²) >= 11 is 1.74. The van der Waals surface area contributed by atoms with Crippen molar-refractivity contribution < 1.29 is 9.47 Å². The van der Waals surface area contributed by atoms with Gasteiger partial charge in [-0.3, -0.25) is 0 Å². The lowest BCUT2D eigenvalue weighted by atomic mass is 9.79. The number of thiophene rings is 1. The van der Waals surface area contributed by atoms with Crippen molar-refractivity contribution in [3.63, 3.8) is 0 Å². The second-order valence-corrected chi connectivity index (χ2v) is 4.90. The first-order valence-corrected chi connectivity index (χ1v) is 5.26. The highest BCUT2D eigenvalue weighted by atomic mass is 32.1. The average Bonchev–Trinajstić information content (AvgIpc) is 2.56. The summed E-state index contributed by atoms with van der Waals surface area (Å²) < 4.78 is 10.8. The van der Waals surface area contributed by atoms with Gasteiger partial charge in [-0.05, 0) is 11.4 Å². The average molecular weight is 198 g/mol. The van der Waals surface area contributed by atoms with Crippen LogP contribution < -0.4 is 0 Å². The highest BCUT2D eigenvalue weighted by Gasteiger charge is 2.51. The maximum atomic E-state index is 5.64. The second kappa shape index (κ2) is 3.08. The Bertz CT molecular complexity index is 279. The van der Waals surface area contributed by atoms with Crippen LogP contribution in [0.25, 0.3) is 0 Å². The Labute approximate surface area is 82.5 Å². The van der Waals surface area contributed by atoms with E-state index in [1.807, 2.05) is 0 Å². The lowest BCUT2D eigenvalue weighted by Gasteiger charge is -2.50. The van der Waals surface area contributed by atoms with Gasteiger partial charge in [0.25, 0.3) is 0 Å². The van der Waals surface area contributed by atoms with Crippen molar-refractivity contribution in [1.82, 2.24) is 0 Å². The van der Waals surface area contributed by atoms with Crippen molar-refractivity contribution >= 4 is 11.3 Å². The minimum absolute atomic E-state index is 0.0559. The van der Waals surface area contributed by atoms with Gasteiger partial charge in [0.1, 0.15) is 6.10 Å². The minimum Gasteiger partial charge on any atom is -0.355 e. The van der Waals surface area contributed by atoms with Crippen LogP contribution in [0, 0.1) is 5.41 Å². The predicted molar refractivity (Wildman–Crippen MR) is 52.7 cm³/mol. The molecule has 1 aromatic heterocycles. The molecule has 1 aromatic rings. The first kappa shape index (κ1) is 9.19. The molecule has 1 fully saturated rings. The topological polar surface area (TPSA) is 18.5 Å². The third kappa shape index (κ3) is 1.31. The smallest absolute Gasteiger partial charge is 0.165 e. The molecule has 0 aromatic carbocycles. The summed E-state index contributed by atoms with van der Waals surface area (Å²) in [5.41, 5.74) is 0.0968. The van der Waals surface area contributed by atoms with E-state index in [1.54, 1.807) is 18.4 Å². The van der Waals surface area contributed by atoms with Gasteiger partial charge in [0, 0.05) is 17.4 Å². The normalized spacial score (nSPS) is 31.3. The number of ether oxygens (including phenoxy) is 2. The molecule has 2 unspecified atom stereocenters. The van der Waals surface area contributed by atoms with E-state index < -0.39 is 0 Å². The molecule has 1 aliphatic rings. The molecular formula is C10H14O2S. The van der Waals surface area contributed by atoms with Crippen LogP contribution in [-0.2, 0) is 9.47 Å². The predicted octanol–water partition coefficient (Wildman–Crippen LogP) is 2.82. The van der Waals surface area contributed by atoms with Gasteiger partial charge in [-0.1, -0.05) is 19.9 Å². The molecule has 1 saturated heterocycles. The molecule has 0 spiro atoms. The van der Waals surface area contributed by atoms with Crippen LogP contribution in [0.2, 0.25) is 0 Å². The summed E-state index contributed by atoms with van der Waals surface area (Å²) in [6, 6.07) is 4.17. The van der Waals surface area contributed by atoms with Gasteiger partial charge in [0.15, 0.2) is 6.29 Å². The van der Waals surface area contributed by atoms with E-state index in [0.29, 0.717) is 0 Å². The standard InChI is InChI=1S/C10H14O2S/c1-10(2)8(12-9(10)11-3)7-5-4-6-13-7/h4-6,8-9H,1-3H3. The number of rotatable bonds is 2. The fraction of sp³-hybridized carbons (Fsp3) is 0.600. The molecule has 0 saturated carbocycles. The molecule has 3 heteroatoms. The molecule has 0 aliphatic carbocycles. The molecule has 0 amide bonds. The van der Waals surface area contributed by atoms with Crippen LogP contribution in [0.3, 0.4) is 0 Å². The fourth-order valence-corrected chi connectivity index (χ4v) is 2.71. The van der Waals surface area contributed by atoms with Crippen LogP contribution in [0.1, 0.15) is 24.8 Å². The van der Waals surface area contributed by atoms with Gasteiger partial charge in [-0.15, -0.1) is 11.3 Å². The lowest BCUT2D eigenvalue weighted by Crippen LogP contribution is -2.50. The Balaban J connectivity index is 2.14. The van der Waals surface area contributed by atoms with Gasteiger partial charge in [0.05, 0.1) is 0 Å². The lowest BCUT2D eigenvalue weighted by molar-refractivity contribution is -0.336. The van der Waals surface area contributed by atoms with Crippen molar-refractivity contribution in [2.75, 3.05) is 7.11 Å². The van der Waals surface area contributed by atoms with E-state index in [0.717, 1.165) is 0 Å². The molecule has 0 radical (unpaired) electrons. The van der Waals surface area contributed by atoms with Crippen molar-refractivity contribution in [2.45, 2.75) is 26.2 Å². The molecule has 72 valence electrons. The van der Waals surface area contributed by atoms with Crippen LogP contribution in [0.5, 0.6) is 0 Å². The minimum atomic E-state index is -0.0559. The molecule has 0 bridgehead atoms. The summed E-state index contributed by atoms with van der Waals surface area (Å²) in [5, 5.41) is 2.08. The van der Waals surface area contributed by atoms with E-state index in [4.69, 9.17) is 9.47 Å². The van der Waals surface area contributed by atoms with Crippen LogP contribution in [0.4, 0.5) is 0 Å². The molecule has 13 heavy (non-hydrogen) atoms. The molecule has 1 aliphatic heterocycles. The summed E-state index contributed by atoms with van der Waals surface area (Å²) in [4.78, 5) is 1.29. The molecular weight excluding hydrogens is 184 g/mol. The van der Waals surface area contributed by atoms with Crippen LogP contribution >= 0.6 is 11.3 Å². The molecule has 2 atom stereocenters. The van der Waals surface area contributed by atoms with E-state index in [-0.39, 0.29) is 17.8 Å². The van der Waals surface area contributed by atoms with E-state index in [9.17, 15) is 0 Å². The summed E-state index contributed by atoms with van der Waals surface area (Å²) in [6.45, 7) is 4.35. The SMILES string of the molecule is COC1OC(c2cccs2)C1(C)C. The van der Waals surface area contributed by atoms with E-state index in [1.165, 1.54) is 4.88 Å². The first-order valence-electron chi connectivity index (χ1n) is 4.38. The number of hydrogen-bond acceptors (Lipinski definition) is 3. The monoisotopic (exact) mass is 198 g/mol. The number of hydrogen-bond donors (Lipinski definition) is 0. The van der Waals surface area contributed by atoms with Gasteiger partial charge in [0.2, 0.25) is 0 Å². The number of methoxy groups -OCH3 is 1. The zero-order chi connectivity index (χ0) is 9.47. The van der Waals surface area contributed by atoms with Gasteiger partial charge in [-0.25, -0.2) is 0 Å². The largest absolute Gasteiger partial charge is 0.355 e. The Morgan fingerprint density at radius 1 is 1.54 bits per heavy atom. The quantitative estimate of drug-likeness (QED) is 0.727. The van der Waals surface area contributed by atoms with Gasteiger partial charge in [-0.2, -0.15) is 0 Å². The van der Waals surface area contributed by atoms with Crippen molar-refractivity contribution in [1.29, 1.82) is 0 Å². The maximum Gasteiger partial charge on any atom is 0.165 e. The Hall–Kier alpha value is -0.380. The van der Waals surface area contributed by atoms with Crippen molar-refractivity contribution in [3.8, 4) is 0 Å². The Morgan fingerprint density at radius 3 is 2.77 bits per heavy atom. The third-order valence-corrected chi connectivity index (χ3v) is 3.47. The Kier molecular flexibility index (Phi) is 2.18. The fourth-order valence-electron chi connectivity index (χ4n) is 1.76. The van der Waals surface area contributed by atoms with Crippen LogP contribution in [0.15, 0.2) is 17.5 Å². The zero-order valence-corrected chi connectivity index (χ0v) is 8.93. The van der Waals surface area contributed by atoms with Crippen molar-refractivity contribution in [2.24, 2.45) is 5.41 Å².